The topological polar surface area (TPSA) is 38.5 Å². The minimum atomic E-state index is -0.0285. The zero-order valence-corrected chi connectivity index (χ0v) is 11.9. The third kappa shape index (κ3) is 4.57. The Balaban J connectivity index is 2.33. The number of ether oxygens (including phenoxy) is 1. The molecule has 1 heterocycles. The maximum atomic E-state index is 5.88. The summed E-state index contributed by atoms with van der Waals surface area (Å²) in [5.41, 5.74) is 5.85. The molecule has 1 rings (SSSR count). The Bertz CT molecular complexity index is 200. The maximum Gasteiger partial charge on any atom is 0.0828 e. The highest BCUT2D eigenvalue weighted by molar-refractivity contribution is 4.88. The Labute approximate surface area is 107 Å². The van der Waals surface area contributed by atoms with Gasteiger partial charge in [0.05, 0.1) is 5.60 Å². The summed E-state index contributed by atoms with van der Waals surface area (Å²) < 4.78 is 5.87. The minimum absolute atomic E-state index is 0.0285. The second-order valence-corrected chi connectivity index (χ2v) is 5.51. The number of hydrogen-bond acceptors (Lipinski definition) is 3. The summed E-state index contributed by atoms with van der Waals surface area (Å²) in [7, 11) is 0. The fourth-order valence-electron chi connectivity index (χ4n) is 2.88. The second-order valence-electron chi connectivity index (χ2n) is 5.51. The number of rotatable bonds is 7. The van der Waals surface area contributed by atoms with E-state index < -0.39 is 0 Å². The molecule has 17 heavy (non-hydrogen) atoms. The first-order valence-electron chi connectivity index (χ1n) is 7.22. The van der Waals surface area contributed by atoms with Crippen molar-refractivity contribution in [2.24, 2.45) is 11.7 Å². The Morgan fingerprint density at radius 3 is 2.41 bits per heavy atom. The molecule has 0 bridgehead atoms. The zero-order chi connectivity index (χ0) is 12.7. The van der Waals surface area contributed by atoms with Gasteiger partial charge < -0.3 is 15.4 Å². The number of nitrogens with two attached hydrogens (primary N) is 1. The normalized spacial score (nSPS) is 22.6. The molecule has 0 aliphatic carbocycles. The van der Waals surface area contributed by atoms with Gasteiger partial charge in [0, 0.05) is 32.8 Å². The molecule has 1 aliphatic heterocycles. The molecule has 0 aromatic rings. The predicted octanol–water partition coefficient (Wildman–Crippen LogP) is 2.25. The van der Waals surface area contributed by atoms with Crippen LogP contribution in [0.3, 0.4) is 0 Å². The fraction of sp³-hybridized carbons (Fsp3) is 1.00. The molecule has 0 spiro atoms. The van der Waals surface area contributed by atoms with Crippen molar-refractivity contribution >= 4 is 0 Å². The zero-order valence-electron chi connectivity index (χ0n) is 11.9. The van der Waals surface area contributed by atoms with E-state index in [-0.39, 0.29) is 5.60 Å². The van der Waals surface area contributed by atoms with Crippen LogP contribution in [0.5, 0.6) is 0 Å². The van der Waals surface area contributed by atoms with Gasteiger partial charge in [-0.15, -0.1) is 0 Å². The number of likely N-dealkylation sites (tertiary alicyclic amines) is 1. The monoisotopic (exact) mass is 242 g/mol. The summed E-state index contributed by atoms with van der Waals surface area (Å²) in [6.07, 6.45) is 4.82. The van der Waals surface area contributed by atoms with Crippen LogP contribution in [0.2, 0.25) is 0 Å². The van der Waals surface area contributed by atoms with Crippen molar-refractivity contribution in [1.82, 2.24) is 4.90 Å². The lowest BCUT2D eigenvalue weighted by Gasteiger charge is -2.41. The average Bonchev–Trinajstić information content (AvgIpc) is 2.32. The first kappa shape index (κ1) is 14.9. The van der Waals surface area contributed by atoms with E-state index in [1.165, 1.54) is 19.4 Å². The Morgan fingerprint density at radius 1 is 1.29 bits per heavy atom. The van der Waals surface area contributed by atoms with Crippen LogP contribution >= 0.6 is 0 Å². The van der Waals surface area contributed by atoms with E-state index in [1.807, 2.05) is 0 Å². The quantitative estimate of drug-likeness (QED) is 0.744. The lowest BCUT2D eigenvalue weighted by molar-refractivity contribution is -0.0737. The van der Waals surface area contributed by atoms with E-state index in [9.17, 15) is 0 Å². The second kappa shape index (κ2) is 7.34. The molecule has 0 amide bonds. The van der Waals surface area contributed by atoms with Crippen molar-refractivity contribution in [2.45, 2.75) is 52.1 Å². The fourth-order valence-corrected chi connectivity index (χ4v) is 2.88. The van der Waals surface area contributed by atoms with Gasteiger partial charge in [-0.1, -0.05) is 20.3 Å². The van der Waals surface area contributed by atoms with Gasteiger partial charge >= 0.3 is 0 Å². The molecular weight excluding hydrogens is 212 g/mol. The maximum absolute atomic E-state index is 5.88. The standard InChI is InChI=1S/C14H30N2O/c1-4-6-13(3)11-16-9-7-14(12-15,8-10-16)17-5-2/h13H,4-12,15H2,1-3H3. The van der Waals surface area contributed by atoms with Gasteiger partial charge in [-0.25, -0.2) is 0 Å². The lowest BCUT2D eigenvalue weighted by atomic mass is 9.90. The largest absolute Gasteiger partial charge is 0.374 e. The summed E-state index contributed by atoms with van der Waals surface area (Å²) in [5.74, 6) is 0.817. The molecule has 1 atom stereocenters. The minimum Gasteiger partial charge on any atom is -0.374 e. The highest BCUT2D eigenvalue weighted by Crippen LogP contribution is 2.26. The predicted molar refractivity (Wildman–Crippen MR) is 73.2 cm³/mol. The van der Waals surface area contributed by atoms with Crippen LogP contribution in [0.4, 0.5) is 0 Å². The lowest BCUT2D eigenvalue weighted by Crippen LogP contribution is -2.51. The first-order valence-corrected chi connectivity index (χ1v) is 7.22. The number of hydrogen-bond donors (Lipinski definition) is 1. The van der Waals surface area contributed by atoms with E-state index >= 15 is 0 Å². The van der Waals surface area contributed by atoms with Crippen molar-refractivity contribution < 1.29 is 4.74 Å². The van der Waals surface area contributed by atoms with Crippen molar-refractivity contribution in [1.29, 1.82) is 0 Å². The van der Waals surface area contributed by atoms with Gasteiger partial charge in [0.2, 0.25) is 0 Å². The first-order chi connectivity index (χ1) is 8.15. The molecule has 1 fully saturated rings. The van der Waals surface area contributed by atoms with Gasteiger partial charge in [0.15, 0.2) is 0 Å². The Kier molecular flexibility index (Phi) is 6.45. The third-order valence-corrected chi connectivity index (χ3v) is 3.94. The molecule has 0 aromatic carbocycles. The van der Waals surface area contributed by atoms with Crippen molar-refractivity contribution in [3.8, 4) is 0 Å². The molecule has 1 unspecified atom stereocenters. The van der Waals surface area contributed by atoms with Crippen LogP contribution in [-0.2, 0) is 4.74 Å². The van der Waals surface area contributed by atoms with Gasteiger partial charge in [-0.05, 0) is 32.1 Å². The number of nitrogens with zero attached hydrogens (tertiary/aromatic N) is 1. The molecule has 0 aromatic heterocycles. The van der Waals surface area contributed by atoms with Crippen molar-refractivity contribution in [2.75, 3.05) is 32.8 Å². The van der Waals surface area contributed by atoms with E-state index in [4.69, 9.17) is 10.5 Å². The summed E-state index contributed by atoms with van der Waals surface area (Å²) in [6, 6.07) is 0. The van der Waals surface area contributed by atoms with Gasteiger partial charge in [0.25, 0.3) is 0 Å². The molecule has 102 valence electrons. The van der Waals surface area contributed by atoms with E-state index in [0.29, 0.717) is 6.54 Å². The van der Waals surface area contributed by atoms with Crippen molar-refractivity contribution in [3.63, 3.8) is 0 Å². The Hall–Kier alpha value is -0.120. The summed E-state index contributed by atoms with van der Waals surface area (Å²) in [6.45, 7) is 11.7. The molecule has 0 saturated carbocycles. The Morgan fingerprint density at radius 2 is 1.94 bits per heavy atom. The molecule has 1 aliphatic rings. The van der Waals surface area contributed by atoms with Crippen LogP contribution in [-0.4, -0.2) is 43.3 Å². The summed E-state index contributed by atoms with van der Waals surface area (Å²) in [4.78, 5) is 2.58. The van der Waals surface area contributed by atoms with Crippen molar-refractivity contribution in [3.05, 3.63) is 0 Å². The van der Waals surface area contributed by atoms with Crippen LogP contribution in [0.25, 0.3) is 0 Å². The van der Waals surface area contributed by atoms with Crippen LogP contribution in [0.15, 0.2) is 0 Å². The summed E-state index contributed by atoms with van der Waals surface area (Å²) in [5, 5.41) is 0. The van der Waals surface area contributed by atoms with Gasteiger partial charge in [0.1, 0.15) is 0 Å². The highest BCUT2D eigenvalue weighted by atomic mass is 16.5. The van der Waals surface area contributed by atoms with E-state index in [1.54, 1.807) is 0 Å². The number of piperidine rings is 1. The highest BCUT2D eigenvalue weighted by Gasteiger charge is 2.33. The SMILES string of the molecule is CCCC(C)CN1CCC(CN)(OCC)CC1. The third-order valence-electron chi connectivity index (χ3n) is 3.94. The smallest absolute Gasteiger partial charge is 0.0828 e. The van der Waals surface area contributed by atoms with Crippen LogP contribution in [0.1, 0.15) is 46.5 Å². The molecular formula is C14H30N2O. The van der Waals surface area contributed by atoms with Gasteiger partial charge in [-0.3, -0.25) is 0 Å². The molecule has 0 radical (unpaired) electrons. The van der Waals surface area contributed by atoms with Crippen LogP contribution < -0.4 is 5.73 Å². The summed E-state index contributed by atoms with van der Waals surface area (Å²) >= 11 is 0. The molecule has 3 nitrogen and oxygen atoms in total. The molecule has 1 saturated heterocycles. The van der Waals surface area contributed by atoms with Crippen LogP contribution in [0, 0.1) is 5.92 Å². The average molecular weight is 242 g/mol. The molecule has 2 N–H and O–H groups in total. The van der Waals surface area contributed by atoms with E-state index in [2.05, 4.69) is 25.7 Å². The van der Waals surface area contributed by atoms with E-state index in [0.717, 1.165) is 38.5 Å². The van der Waals surface area contributed by atoms with Gasteiger partial charge in [-0.2, -0.15) is 0 Å². The molecule has 3 heteroatoms.